The molecule has 1 atom stereocenters. The Morgan fingerprint density at radius 3 is 2.75 bits per heavy atom. The number of nitriles is 1. The summed E-state index contributed by atoms with van der Waals surface area (Å²) in [6.45, 7) is 0.730. The Hall–Kier alpha value is -1.18. The molecule has 0 bridgehead atoms. The second kappa shape index (κ2) is 2.70. The molecule has 0 spiro atoms. The fraction of sp³-hybridized carbons (Fsp3) is 0.714. The van der Waals surface area contributed by atoms with Gasteiger partial charge in [-0.2, -0.15) is 5.26 Å². The molecule has 1 saturated heterocycles. The summed E-state index contributed by atoms with van der Waals surface area (Å²) in [5.41, 5.74) is 0. The molecule has 0 aromatic rings. The Morgan fingerprint density at radius 2 is 2.42 bits per heavy atom. The summed E-state index contributed by atoms with van der Waals surface area (Å²) in [5, 5.41) is 8.14. The molecule has 0 aliphatic carbocycles. The fourth-order valence-electron chi connectivity index (χ4n) is 1.09. The first-order chi connectivity index (χ1) is 5.49. The molecule has 0 radical (unpaired) electrons. The number of amides is 1. The molecule has 1 rings (SSSR count). The van der Waals surface area contributed by atoms with Crippen LogP contribution in [0.15, 0.2) is 0 Å². The Balaban J connectivity index is 2.51. The van der Waals surface area contributed by atoms with Gasteiger partial charge in [-0.1, -0.05) is 0 Å². The fourth-order valence-corrected chi connectivity index (χ4v) is 1.09. The van der Waals surface area contributed by atoms with Crippen LogP contribution in [0.1, 0.15) is 13.3 Å². The average molecular weight is 174 g/mol. The minimum Gasteiger partial charge on any atom is -0.327 e. The van der Waals surface area contributed by atoms with Gasteiger partial charge in [-0.25, -0.2) is 8.78 Å². The average Bonchev–Trinajstić information content (AvgIpc) is 2.00. The van der Waals surface area contributed by atoms with Crippen molar-refractivity contribution in [2.24, 2.45) is 0 Å². The van der Waals surface area contributed by atoms with E-state index in [4.69, 9.17) is 5.26 Å². The molecule has 0 unspecified atom stereocenters. The highest BCUT2D eigenvalue weighted by Gasteiger charge is 2.53. The zero-order chi connectivity index (χ0) is 9.35. The highest BCUT2D eigenvalue weighted by molar-refractivity contribution is 5.79. The Labute approximate surface area is 68.6 Å². The molecule has 0 aromatic carbocycles. The second-order valence-electron chi connectivity index (χ2n) is 2.79. The van der Waals surface area contributed by atoms with Crippen LogP contribution in [-0.2, 0) is 4.79 Å². The zero-order valence-electron chi connectivity index (χ0n) is 6.55. The van der Waals surface area contributed by atoms with Gasteiger partial charge in [0.2, 0.25) is 5.91 Å². The highest BCUT2D eigenvalue weighted by atomic mass is 19.3. The maximum Gasteiger partial charge on any atom is 0.284 e. The van der Waals surface area contributed by atoms with Crippen molar-refractivity contribution >= 4 is 5.91 Å². The molecule has 12 heavy (non-hydrogen) atoms. The quantitative estimate of drug-likeness (QED) is 0.589. The standard InChI is InChI=1S/C7H8F2N2O/c1-5-7(8,9)4-11(5)6(12)2-3-10/h5H,2,4H2,1H3/t5-/m0/s1. The third kappa shape index (κ3) is 1.24. The molecule has 1 aliphatic rings. The third-order valence-electron chi connectivity index (χ3n) is 2.01. The lowest BCUT2D eigenvalue weighted by atomic mass is 10.00. The number of hydrogen-bond donors (Lipinski definition) is 0. The van der Waals surface area contributed by atoms with E-state index in [1.54, 1.807) is 6.07 Å². The van der Waals surface area contributed by atoms with Crippen LogP contribution in [0.4, 0.5) is 8.78 Å². The topological polar surface area (TPSA) is 44.1 Å². The van der Waals surface area contributed by atoms with Crippen LogP contribution in [-0.4, -0.2) is 29.3 Å². The predicted octanol–water partition coefficient (Wildman–Crippen LogP) is 0.766. The van der Waals surface area contributed by atoms with E-state index in [1.165, 1.54) is 6.92 Å². The van der Waals surface area contributed by atoms with Crippen molar-refractivity contribution < 1.29 is 13.6 Å². The monoisotopic (exact) mass is 174 g/mol. The van der Waals surface area contributed by atoms with Crippen LogP contribution >= 0.6 is 0 Å². The maximum atomic E-state index is 12.5. The van der Waals surface area contributed by atoms with Gasteiger partial charge in [-0.3, -0.25) is 4.79 Å². The number of nitrogens with zero attached hydrogens (tertiary/aromatic N) is 2. The number of alkyl halides is 2. The van der Waals surface area contributed by atoms with Crippen LogP contribution in [0.2, 0.25) is 0 Å². The summed E-state index contributed by atoms with van der Waals surface area (Å²) < 4.78 is 25.0. The minimum atomic E-state index is -2.77. The molecule has 3 nitrogen and oxygen atoms in total. The SMILES string of the molecule is C[C@@H]1N(C(=O)CC#N)CC1(F)F. The molecule has 66 valence electrons. The molecule has 1 amide bonds. The van der Waals surface area contributed by atoms with E-state index in [-0.39, 0.29) is 6.42 Å². The van der Waals surface area contributed by atoms with Gasteiger partial charge in [0.25, 0.3) is 5.92 Å². The van der Waals surface area contributed by atoms with E-state index >= 15 is 0 Å². The molecule has 0 aromatic heterocycles. The second-order valence-corrected chi connectivity index (χ2v) is 2.79. The van der Waals surface area contributed by atoms with Crippen molar-refractivity contribution in [3.63, 3.8) is 0 Å². The summed E-state index contributed by atoms with van der Waals surface area (Å²) >= 11 is 0. The van der Waals surface area contributed by atoms with E-state index < -0.39 is 24.4 Å². The van der Waals surface area contributed by atoms with Crippen molar-refractivity contribution in [3.8, 4) is 6.07 Å². The molecule has 0 saturated carbocycles. The number of hydrogen-bond acceptors (Lipinski definition) is 2. The van der Waals surface area contributed by atoms with Crippen molar-refractivity contribution in [2.45, 2.75) is 25.3 Å². The number of rotatable bonds is 1. The predicted molar refractivity (Wildman–Crippen MR) is 36.4 cm³/mol. The third-order valence-corrected chi connectivity index (χ3v) is 2.01. The molecule has 1 heterocycles. The van der Waals surface area contributed by atoms with Gasteiger partial charge in [0, 0.05) is 0 Å². The minimum absolute atomic E-state index is 0.319. The Kier molecular flexibility index (Phi) is 2.01. The largest absolute Gasteiger partial charge is 0.327 e. The first-order valence-electron chi connectivity index (χ1n) is 3.53. The van der Waals surface area contributed by atoms with Crippen LogP contribution in [0.3, 0.4) is 0 Å². The first kappa shape index (κ1) is 8.91. The van der Waals surface area contributed by atoms with Gasteiger partial charge in [-0.15, -0.1) is 0 Å². The van der Waals surface area contributed by atoms with Crippen molar-refractivity contribution in [1.82, 2.24) is 4.90 Å². The highest BCUT2D eigenvalue weighted by Crippen LogP contribution is 2.34. The van der Waals surface area contributed by atoms with Crippen molar-refractivity contribution in [1.29, 1.82) is 5.26 Å². The van der Waals surface area contributed by atoms with E-state index in [0.717, 1.165) is 4.90 Å². The molecule has 1 fully saturated rings. The Bertz CT molecular complexity index is 246. The van der Waals surface area contributed by atoms with Crippen molar-refractivity contribution in [2.75, 3.05) is 6.54 Å². The number of carbonyl (C=O) groups is 1. The zero-order valence-corrected chi connectivity index (χ0v) is 6.55. The Morgan fingerprint density at radius 1 is 1.83 bits per heavy atom. The van der Waals surface area contributed by atoms with Gasteiger partial charge in [0.05, 0.1) is 18.7 Å². The molecule has 0 N–H and O–H groups in total. The summed E-state index contributed by atoms with van der Waals surface area (Å²) in [7, 11) is 0. The van der Waals surface area contributed by atoms with Crippen LogP contribution in [0.5, 0.6) is 0 Å². The lowest BCUT2D eigenvalue weighted by Crippen LogP contribution is -2.65. The number of halogens is 2. The normalized spacial score (nSPS) is 25.8. The van der Waals surface area contributed by atoms with Gasteiger partial charge in [-0.05, 0) is 6.92 Å². The van der Waals surface area contributed by atoms with E-state index in [9.17, 15) is 13.6 Å². The van der Waals surface area contributed by atoms with Crippen LogP contribution in [0.25, 0.3) is 0 Å². The maximum absolute atomic E-state index is 12.5. The lowest BCUT2D eigenvalue weighted by Gasteiger charge is -2.45. The van der Waals surface area contributed by atoms with Gasteiger partial charge in [0.15, 0.2) is 0 Å². The van der Waals surface area contributed by atoms with Crippen LogP contribution in [0, 0.1) is 11.3 Å². The number of likely N-dealkylation sites (tertiary alicyclic amines) is 1. The van der Waals surface area contributed by atoms with Gasteiger partial charge in [0.1, 0.15) is 6.42 Å². The van der Waals surface area contributed by atoms with Gasteiger partial charge < -0.3 is 4.90 Å². The van der Waals surface area contributed by atoms with E-state index in [1.807, 2.05) is 0 Å². The van der Waals surface area contributed by atoms with E-state index in [2.05, 4.69) is 0 Å². The van der Waals surface area contributed by atoms with E-state index in [0.29, 0.717) is 0 Å². The summed E-state index contributed by atoms with van der Waals surface area (Å²) in [6.07, 6.45) is -0.319. The van der Waals surface area contributed by atoms with Crippen molar-refractivity contribution in [3.05, 3.63) is 0 Å². The smallest absolute Gasteiger partial charge is 0.284 e. The molecular weight excluding hydrogens is 166 g/mol. The lowest BCUT2D eigenvalue weighted by molar-refractivity contribution is -0.189. The summed E-state index contributed by atoms with van der Waals surface area (Å²) in [4.78, 5) is 11.9. The number of carbonyl (C=O) groups excluding carboxylic acids is 1. The molecule has 1 aliphatic heterocycles. The summed E-state index contributed by atoms with van der Waals surface area (Å²) in [6, 6.07) is 0.571. The molecular formula is C7H8F2N2O. The van der Waals surface area contributed by atoms with Crippen LogP contribution < -0.4 is 0 Å². The first-order valence-corrected chi connectivity index (χ1v) is 3.53. The summed E-state index contributed by atoms with van der Waals surface area (Å²) in [5.74, 6) is -3.29. The van der Waals surface area contributed by atoms with Gasteiger partial charge >= 0.3 is 0 Å². The molecule has 5 heteroatoms.